The van der Waals surface area contributed by atoms with Crippen LogP contribution in [0.3, 0.4) is 0 Å². The van der Waals surface area contributed by atoms with Gasteiger partial charge in [0.15, 0.2) is 0 Å². The lowest BCUT2D eigenvalue weighted by Gasteiger charge is -2.28. The largest absolute Gasteiger partial charge is 0.384 e. The highest BCUT2D eigenvalue weighted by Gasteiger charge is 2.33. The van der Waals surface area contributed by atoms with Crippen molar-refractivity contribution in [2.24, 2.45) is 5.73 Å². The fourth-order valence-electron chi connectivity index (χ4n) is 3.61. The molecule has 0 radical (unpaired) electrons. The smallest absolute Gasteiger partial charge is 0.210 e. The van der Waals surface area contributed by atoms with Gasteiger partial charge in [0.2, 0.25) is 5.95 Å². The quantitative estimate of drug-likeness (QED) is 0.450. The first kappa shape index (κ1) is 16.9. The fraction of sp³-hybridized carbons (Fsp3) is 0.0500. The molecule has 3 N–H and O–H groups in total. The van der Waals surface area contributed by atoms with Gasteiger partial charge in [0.25, 0.3) is 0 Å². The van der Waals surface area contributed by atoms with Crippen molar-refractivity contribution in [3.8, 4) is 6.07 Å². The lowest BCUT2D eigenvalue weighted by Crippen LogP contribution is -2.28. The summed E-state index contributed by atoms with van der Waals surface area (Å²) in [4.78, 5) is 9.10. The molecule has 0 saturated heterocycles. The molecule has 0 bridgehead atoms. The van der Waals surface area contributed by atoms with Gasteiger partial charge in [0, 0.05) is 16.0 Å². The highest BCUT2D eigenvalue weighted by molar-refractivity contribution is 6.32. The highest BCUT2D eigenvalue weighted by atomic mass is 35.5. The van der Waals surface area contributed by atoms with Gasteiger partial charge in [-0.2, -0.15) is 5.26 Å². The van der Waals surface area contributed by atoms with Crippen molar-refractivity contribution in [3.63, 3.8) is 0 Å². The Hall–Kier alpha value is -3.27. The molecule has 1 unspecified atom stereocenters. The molecule has 8 heteroatoms. The molecular formula is C20H12Cl2N6. The van der Waals surface area contributed by atoms with E-state index in [0.717, 1.165) is 21.9 Å². The highest BCUT2D eigenvalue weighted by Crippen LogP contribution is 2.40. The number of rotatable bonds is 1. The summed E-state index contributed by atoms with van der Waals surface area (Å²) in [5.41, 5.74) is 9.52. The fourth-order valence-corrected chi connectivity index (χ4v) is 4.04. The van der Waals surface area contributed by atoms with Crippen LogP contribution in [0.15, 0.2) is 59.9 Å². The van der Waals surface area contributed by atoms with E-state index in [1.807, 2.05) is 47.0 Å². The van der Waals surface area contributed by atoms with Gasteiger partial charge in [-0.3, -0.25) is 4.57 Å². The van der Waals surface area contributed by atoms with Crippen LogP contribution in [0, 0.1) is 11.3 Å². The van der Waals surface area contributed by atoms with Crippen LogP contribution >= 0.6 is 23.2 Å². The molecule has 28 heavy (non-hydrogen) atoms. The van der Waals surface area contributed by atoms with Crippen LogP contribution in [-0.2, 0) is 0 Å². The van der Waals surface area contributed by atoms with E-state index in [1.165, 1.54) is 0 Å². The Bertz CT molecular complexity index is 1350. The third kappa shape index (κ3) is 2.41. The molecular weight excluding hydrogens is 395 g/mol. The Morgan fingerprint density at radius 3 is 2.71 bits per heavy atom. The number of allylic oxidation sites excluding steroid dienone is 1. The van der Waals surface area contributed by atoms with Crippen molar-refractivity contribution in [2.75, 3.05) is 5.32 Å². The number of nitriles is 1. The van der Waals surface area contributed by atoms with Crippen molar-refractivity contribution in [3.05, 3.63) is 75.7 Å². The maximum atomic E-state index is 9.83. The van der Waals surface area contributed by atoms with Crippen molar-refractivity contribution in [1.82, 2.24) is 14.5 Å². The molecule has 5 rings (SSSR count). The van der Waals surface area contributed by atoms with E-state index in [-0.39, 0.29) is 5.82 Å². The summed E-state index contributed by atoms with van der Waals surface area (Å²) in [6.45, 7) is 0. The standard InChI is InChI=1S/C20H12Cl2N6/c21-11-5-6-14-10(7-11)8-12(18(22)25-14)17-13(9-23)19(24)27-20-26-15-3-1-2-4-16(15)28(17)20/h1-8,17H,24H2,(H,26,27). The zero-order valence-corrected chi connectivity index (χ0v) is 15.8. The molecule has 2 aromatic heterocycles. The number of para-hydroxylation sites is 2. The van der Waals surface area contributed by atoms with Crippen LogP contribution in [0.4, 0.5) is 5.95 Å². The zero-order valence-electron chi connectivity index (χ0n) is 14.3. The average molecular weight is 407 g/mol. The van der Waals surface area contributed by atoms with Gasteiger partial charge >= 0.3 is 0 Å². The predicted octanol–water partition coefficient (Wildman–Crippen LogP) is 4.60. The molecule has 3 heterocycles. The second-order valence-electron chi connectivity index (χ2n) is 6.47. The summed E-state index contributed by atoms with van der Waals surface area (Å²) in [7, 11) is 0. The number of nitrogens with one attached hydrogen (secondary N) is 1. The monoisotopic (exact) mass is 406 g/mol. The summed E-state index contributed by atoms with van der Waals surface area (Å²) in [6, 6.07) is 16.6. The van der Waals surface area contributed by atoms with Gasteiger partial charge in [-0.05, 0) is 36.4 Å². The van der Waals surface area contributed by atoms with Crippen LogP contribution in [0.1, 0.15) is 11.6 Å². The number of pyridine rings is 1. The van der Waals surface area contributed by atoms with Crippen LogP contribution in [0.25, 0.3) is 21.9 Å². The lowest BCUT2D eigenvalue weighted by atomic mass is 9.97. The molecule has 0 saturated carbocycles. The number of benzene rings is 2. The van der Waals surface area contributed by atoms with E-state index in [4.69, 9.17) is 28.9 Å². The molecule has 1 aliphatic heterocycles. The molecule has 4 aromatic rings. The zero-order chi connectivity index (χ0) is 19.4. The first-order valence-corrected chi connectivity index (χ1v) is 9.22. The van der Waals surface area contributed by atoms with E-state index >= 15 is 0 Å². The van der Waals surface area contributed by atoms with E-state index < -0.39 is 6.04 Å². The number of nitrogens with two attached hydrogens (primary N) is 1. The van der Waals surface area contributed by atoms with Crippen molar-refractivity contribution in [1.29, 1.82) is 5.26 Å². The van der Waals surface area contributed by atoms with E-state index in [0.29, 0.717) is 27.3 Å². The summed E-state index contributed by atoms with van der Waals surface area (Å²) < 4.78 is 1.92. The number of hydrogen-bond donors (Lipinski definition) is 2. The maximum absolute atomic E-state index is 9.83. The minimum Gasteiger partial charge on any atom is -0.384 e. The van der Waals surface area contributed by atoms with Gasteiger partial charge in [-0.25, -0.2) is 9.97 Å². The number of aromatic nitrogens is 3. The van der Waals surface area contributed by atoms with Crippen molar-refractivity contribution >= 4 is 51.1 Å². The third-order valence-corrected chi connectivity index (χ3v) is 5.37. The van der Waals surface area contributed by atoms with Gasteiger partial charge in [-0.15, -0.1) is 0 Å². The number of imidazole rings is 1. The summed E-state index contributed by atoms with van der Waals surface area (Å²) in [5.74, 6) is 0.794. The van der Waals surface area contributed by atoms with Gasteiger partial charge in [-0.1, -0.05) is 35.3 Å². The van der Waals surface area contributed by atoms with E-state index in [9.17, 15) is 5.26 Å². The topological polar surface area (TPSA) is 92.5 Å². The second kappa shape index (κ2) is 6.13. The third-order valence-electron chi connectivity index (χ3n) is 4.84. The number of fused-ring (bicyclic) bond motifs is 4. The van der Waals surface area contributed by atoms with Crippen LogP contribution < -0.4 is 11.1 Å². The number of halogens is 2. The van der Waals surface area contributed by atoms with Crippen LogP contribution in [0.5, 0.6) is 0 Å². The minimum atomic E-state index is -0.558. The average Bonchev–Trinajstić information content (AvgIpc) is 3.04. The molecule has 136 valence electrons. The first-order valence-electron chi connectivity index (χ1n) is 8.46. The predicted molar refractivity (Wildman–Crippen MR) is 110 cm³/mol. The van der Waals surface area contributed by atoms with Crippen molar-refractivity contribution < 1.29 is 0 Å². The first-order chi connectivity index (χ1) is 13.6. The Labute approximate surface area is 169 Å². The van der Waals surface area contributed by atoms with Crippen molar-refractivity contribution in [2.45, 2.75) is 6.04 Å². The van der Waals surface area contributed by atoms with Gasteiger partial charge < -0.3 is 11.1 Å². The molecule has 6 nitrogen and oxygen atoms in total. The Morgan fingerprint density at radius 2 is 1.89 bits per heavy atom. The summed E-state index contributed by atoms with van der Waals surface area (Å²) >= 11 is 12.7. The normalized spacial score (nSPS) is 16.1. The Balaban J connectivity index is 1.85. The van der Waals surface area contributed by atoms with E-state index in [1.54, 1.807) is 6.07 Å². The van der Waals surface area contributed by atoms with Gasteiger partial charge in [0.05, 0.1) is 22.1 Å². The molecule has 0 spiro atoms. The lowest BCUT2D eigenvalue weighted by molar-refractivity contribution is 0.679. The van der Waals surface area contributed by atoms with Gasteiger partial charge in [0.1, 0.15) is 23.1 Å². The van der Waals surface area contributed by atoms with E-state index in [2.05, 4.69) is 21.4 Å². The number of anilines is 1. The summed E-state index contributed by atoms with van der Waals surface area (Å²) in [5, 5.41) is 14.6. The minimum absolute atomic E-state index is 0.248. The molecule has 0 aliphatic carbocycles. The molecule has 2 aromatic carbocycles. The van der Waals surface area contributed by atoms with Crippen LogP contribution in [-0.4, -0.2) is 14.5 Å². The van der Waals surface area contributed by atoms with Crippen LogP contribution in [0.2, 0.25) is 10.2 Å². The number of nitrogens with zero attached hydrogens (tertiary/aromatic N) is 4. The SMILES string of the molecule is N#CC1=C(N)Nc2nc3ccccc3n2C1c1cc2cc(Cl)ccc2nc1Cl. The molecule has 0 amide bonds. The Kier molecular flexibility index (Phi) is 3.69. The summed E-state index contributed by atoms with van der Waals surface area (Å²) in [6.07, 6.45) is 0. The second-order valence-corrected chi connectivity index (χ2v) is 7.26. The number of hydrogen-bond acceptors (Lipinski definition) is 5. The molecule has 1 atom stereocenters. The molecule has 0 fully saturated rings. The maximum Gasteiger partial charge on any atom is 0.210 e. The molecule has 1 aliphatic rings. The Morgan fingerprint density at radius 1 is 1.07 bits per heavy atom.